The van der Waals surface area contributed by atoms with Crippen LogP contribution in [0.1, 0.15) is 42.3 Å². The summed E-state index contributed by atoms with van der Waals surface area (Å²) in [5.41, 5.74) is 3.72. The smallest absolute Gasteiger partial charge is 0.210 e. The van der Waals surface area contributed by atoms with Gasteiger partial charge in [-0.1, -0.05) is 62.0 Å². The van der Waals surface area contributed by atoms with E-state index in [1.54, 1.807) is 23.5 Å². The molecule has 0 atom stereocenters. The van der Waals surface area contributed by atoms with Gasteiger partial charge in [0.1, 0.15) is 5.75 Å². The molecule has 5 nitrogen and oxygen atoms in total. The highest BCUT2D eigenvalue weighted by Crippen LogP contribution is 2.23. The minimum absolute atomic E-state index is 0.546. The third kappa shape index (κ3) is 4.38. The van der Waals surface area contributed by atoms with Crippen LogP contribution in [0.25, 0.3) is 0 Å². The molecule has 0 aliphatic rings. The van der Waals surface area contributed by atoms with Crippen molar-refractivity contribution < 1.29 is 4.74 Å². The first-order chi connectivity index (χ1) is 12.6. The van der Waals surface area contributed by atoms with Crippen LogP contribution < -0.4 is 10.6 Å². The van der Waals surface area contributed by atoms with Gasteiger partial charge in [0.25, 0.3) is 0 Å². The van der Waals surface area contributed by atoms with Gasteiger partial charge in [0.2, 0.25) is 5.16 Å². The van der Waals surface area contributed by atoms with E-state index in [0.29, 0.717) is 12.3 Å². The number of ether oxygens (including phenoxy) is 1. The summed E-state index contributed by atoms with van der Waals surface area (Å²) in [5.74, 6) is 9.12. The fourth-order valence-corrected chi connectivity index (χ4v) is 3.43. The van der Waals surface area contributed by atoms with Crippen molar-refractivity contribution in [2.24, 2.45) is 0 Å². The van der Waals surface area contributed by atoms with Gasteiger partial charge in [0.15, 0.2) is 5.82 Å². The average molecular weight is 369 g/mol. The van der Waals surface area contributed by atoms with Crippen LogP contribution in [-0.2, 0) is 12.2 Å². The molecule has 0 fully saturated rings. The number of aromatic nitrogens is 3. The van der Waals surface area contributed by atoms with Gasteiger partial charge >= 0.3 is 0 Å². The van der Waals surface area contributed by atoms with Crippen molar-refractivity contribution in [3.8, 4) is 5.75 Å². The van der Waals surface area contributed by atoms with Crippen LogP contribution in [0.3, 0.4) is 0 Å². The Morgan fingerprint density at radius 3 is 2.27 bits per heavy atom. The number of nitrogen functional groups attached to an aromatic ring is 1. The molecule has 0 unspecified atom stereocenters. The van der Waals surface area contributed by atoms with Crippen molar-refractivity contribution in [2.75, 3.05) is 13.0 Å². The van der Waals surface area contributed by atoms with Gasteiger partial charge in [-0.25, -0.2) is 4.68 Å². The average Bonchev–Trinajstić information content (AvgIpc) is 3.00. The fraction of sp³-hybridized carbons (Fsp3) is 0.300. The third-order valence-electron chi connectivity index (χ3n) is 4.27. The number of benzene rings is 2. The molecule has 2 aromatic carbocycles. The van der Waals surface area contributed by atoms with Crippen molar-refractivity contribution in [1.29, 1.82) is 0 Å². The molecule has 0 spiro atoms. The van der Waals surface area contributed by atoms with Gasteiger partial charge in [-0.15, -0.1) is 10.2 Å². The number of hydrogen-bond donors (Lipinski definition) is 1. The summed E-state index contributed by atoms with van der Waals surface area (Å²) in [6.07, 6.45) is 0.636. The van der Waals surface area contributed by atoms with Gasteiger partial charge in [-0.05, 0) is 34.7 Å². The lowest BCUT2D eigenvalue weighted by Crippen LogP contribution is -2.14. The van der Waals surface area contributed by atoms with Gasteiger partial charge in [0.05, 0.1) is 7.11 Å². The third-order valence-corrected chi connectivity index (χ3v) is 5.28. The predicted molar refractivity (Wildman–Crippen MR) is 106 cm³/mol. The summed E-state index contributed by atoms with van der Waals surface area (Å²) in [6, 6.07) is 16.6. The van der Waals surface area contributed by atoms with E-state index in [1.807, 2.05) is 24.3 Å². The summed E-state index contributed by atoms with van der Waals surface area (Å²) in [6.45, 7) is 4.40. The Hall–Kier alpha value is -2.47. The van der Waals surface area contributed by atoms with Crippen LogP contribution in [-0.4, -0.2) is 22.0 Å². The molecule has 0 saturated heterocycles. The molecule has 1 heterocycles. The molecule has 0 amide bonds. The number of rotatable bonds is 7. The van der Waals surface area contributed by atoms with Crippen LogP contribution in [0.2, 0.25) is 0 Å². The van der Waals surface area contributed by atoms with E-state index in [1.165, 1.54) is 11.1 Å². The number of methoxy groups -OCH3 is 1. The number of hydrogen-bond acceptors (Lipinski definition) is 5. The minimum Gasteiger partial charge on any atom is -0.497 e. The molecule has 0 radical (unpaired) electrons. The van der Waals surface area contributed by atoms with Gasteiger partial charge in [-0.3, -0.25) is 0 Å². The second-order valence-corrected chi connectivity index (χ2v) is 7.42. The van der Waals surface area contributed by atoms with Crippen molar-refractivity contribution in [3.63, 3.8) is 0 Å². The second kappa shape index (κ2) is 8.27. The van der Waals surface area contributed by atoms with Crippen LogP contribution >= 0.6 is 11.8 Å². The Kier molecular flexibility index (Phi) is 5.83. The lowest BCUT2D eigenvalue weighted by atomic mass is 10.0. The van der Waals surface area contributed by atoms with Crippen molar-refractivity contribution in [3.05, 3.63) is 71.0 Å². The zero-order valence-corrected chi connectivity index (χ0v) is 16.2. The highest BCUT2D eigenvalue weighted by molar-refractivity contribution is 7.98. The van der Waals surface area contributed by atoms with E-state index in [-0.39, 0.29) is 0 Å². The number of nitrogens with zero attached hydrogens (tertiary/aromatic N) is 3. The lowest BCUT2D eigenvalue weighted by molar-refractivity contribution is 0.414. The molecule has 0 saturated carbocycles. The van der Waals surface area contributed by atoms with Crippen molar-refractivity contribution in [1.82, 2.24) is 14.9 Å². The maximum atomic E-state index is 6.18. The monoisotopic (exact) mass is 368 g/mol. The molecule has 0 bridgehead atoms. The van der Waals surface area contributed by atoms with Gasteiger partial charge < -0.3 is 10.6 Å². The van der Waals surface area contributed by atoms with E-state index in [4.69, 9.17) is 10.6 Å². The summed E-state index contributed by atoms with van der Waals surface area (Å²) in [7, 11) is 1.66. The topological polar surface area (TPSA) is 66.0 Å². The fourth-order valence-electron chi connectivity index (χ4n) is 2.60. The minimum atomic E-state index is 0.546. The Morgan fingerprint density at radius 2 is 1.65 bits per heavy atom. The van der Waals surface area contributed by atoms with E-state index in [2.05, 4.69) is 48.3 Å². The first-order valence-electron chi connectivity index (χ1n) is 8.60. The van der Waals surface area contributed by atoms with Gasteiger partial charge in [0, 0.05) is 12.2 Å². The standard InChI is InChI=1S/C20H24N4OS/c1-14(2)17-8-4-16(5-9-17)13-26-20-23-22-19(24(20)21)12-15-6-10-18(25-3)11-7-15/h4-11,14H,12-13,21H2,1-3H3. The van der Waals surface area contributed by atoms with E-state index in [9.17, 15) is 0 Å². The lowest BCUT2D eigenvalue weighted by Gasteiger charge is -2.07. The molecule has 3 aromatic rings. The van der Waals surface area contributed by atoms with Gasteiger partial charge in [-0.2, -0.15) is 0 Å². The summed E-state index contributed by atoms with van der Waals surface area (Å²) in [5, 5.41) is 9.20. The molecular weight excluding hydrogens is 344 g/mol. The van der Waals surface area contributed by atoms with Crippen molar-refractivity contribution in [2.45, 2.75) is 37.1 Å². The van der Waals surface area contributed by atoms with E-state index in [0.717, 1.165) is 28.0 Å². The maximum absolute atomic E-state index is 6.18. The van der Waals surface area contributed by atoms with E-state index < -0.39 is 0 Å². The van der Waals surface area contributed by atoms with Crippen LogP contribution in [0.15, 0.2) is 53.7 Å². The van der Waals surface area contributed by atoms with Crippen molar-refractivity contribution >= 4 is 11.8 Å². The van der Waals surface area contributed by atoms with E-state index >= 15 is 0 Å². The summed E-state index contributed by atoms with van der Waals surface area (Å²) < 4.78 is 6.76. The molecule has 26 heavy (non-hydrogen) atoms. The largest absolute Gasteiger partial charge is 0.497 e. The number of nitrogens with two attached hydrogens (primary N) is 1. The molecule has 136 valence electrons. The normalized spacial score (nSPS) is 11.1. The quantitative estimate of drug-likeness (QED) is 0.504. The molecular formula is C20H24N4OS. The molecule has 1 aromatic heterocycles. The van der Waals surface area contributed by atoms with Crippen LogP contribution in [0.4, 0.5) is 0 Å². The Bertz CT molecular complexity index is 841. The first kappa shape index (κ1) is 18.3. The number of thioether (sulfide) groups is 1. The molecule has 0 aliphatic carbocycles. The Morgan fingerprint density at radius 1 is 1.00 bits per heavy atom. The maximum Gasteiger partial charge on any atom is 0.210 e. The second-order valence-electron chi connectivity index (χ2n) is 6.48. The Balaban J connectivity index is 1.62. The molecule has 6 heteroatoms. The Labute approximate surface area is 158 Å². The summed E-state index contributed by atoms with van der Waals surface area (Å²) in [4.78, 5) is 0. The zero-order chi connectivity index (χ0) is 18.5. The first-order valence-corrected chi connectivity index (χ1v) is 9.59. The highest BCUT2D eigenvalue weighted by Gasteiger charge is 2.11. The molecule has 3 rings (SSSR count). The van der Waals surface area contributed by atoms with Crippen LogP contribution in [0.5, 0.6) is 5.75 Å². The SMILES string of the molecule is COc1ccc(Cc2nnc(SCc3ccc(C(C)C)cc3)n2N)cc1. The predicted octanol–water partition coefficient (Wildman–Crippen LogP) is 4.01. The molecule has 0 aliphatic heterocycles. The van der Waals surface area contributed by atoms with Crippen LogP contribution in [0, 0.1) is 0 Å². The zero-order valence-electron chi connectivity index (χ0n) is 15.3. The summed E-state index contributed by atoms with van der Waals surface area (Å²) >= 11 is 1.60. The molecule has 2 N–H and O–H groups in total. The highest BCUT2D eigenvalue weighted by atomic mass is 32.2.